The number of carbonyl (C=O) groups is 1. The number of carbonyl (C=O) groups excluding carboxylic acids is 1. The normalized spacial score (nSPS) is 10.7. The van der Waals surface area contributed by atoms with Crippen molar-refractivity contribution in [2.75, 3.05) is 24.9 Å². The molecule has 30 heavy (non-hydrogen) atoms. The highest BCUT2D eigenvalue weighted by molar-refractivity contribution is 6.02. The molecule has 4 aromatic rings. The Balaban J connectivity index is 1.76. The first kappa shape index (κ1) is 19.1. The maximum Gasteiger partial charge on any atom is 0.323 e. The van der Waals surface area contributed by atoms with E-state index in [4.69, 9.17) is 20.9 Å². The van der Waals surface area contributed by atoms with E-state index >= 15 is 0 Å². The number of benzene rings is 3. The third-order valence-electron chi connectivity index (χ3n) is 4.87. The number of urea groups is 1. The maximum absolute atomic E-state index is 12.3. The minimum absolute atomic E-state index is 0.437. The molecule has 0 saturated heterocycles. The van der Waals surface area contributed by atoms with E-state index < -0.39 is 6.03 Å². The predicted octanol–water partition coefficient (Wildman–Crippen LogP) is 4.05. The number of fused-ring (bicyclic) bond motifs is 1. The molecule has 0 spiro atoms. The zero-order valence-electron chi connectivity index (χ0n) is 16.5. The van der Waals surface area contributed by atoms with Gasteiger partial charge in [-0.1, -0.05) is 24.3 Å². The van der Waals surface area contributed by atoms with E-state index in [2.05, 4.69) is 10.2 Å². The summed E-state index contributed by atoms with van der Waals surface area (Å²) in [7, 11) is 3.09. The highest BCUT2D eigenvalue weighted by Crippen LogP contribution is 2.35. The summed E-state index contributed by atoms with van der Waals surface area (Å²) in [5.41, 5.74) is 15.6. The van der Waals surface area contributed by atoms with Crippen LogP contribution in [0.1, 0.15) is 0 Å². The molecule has 4 rings (SSSR count). The van der Waals surface area contributed by atoms with Gasteiger partial charge in [-0.3, -0.25) is 10.00 Å². The van der Waals surface area contributed by atoms with Gasteiger partial charge in [-0.05, 0) is 29.3 Å². The molecule has 8 nitrogen and oxygen atoms in total. The molecule has 3 aromatic carbocycles. The number of anilines is 3. The quantitative estimate of drug-likeness (QED) is 0.464. The molecule has 0 aliphatic heterocycles. The number of aromatic nitrogens is 2. The molecule has 0 atom stereocenters. The van der Waals surface area contributed by atoms with Gasteiger partial charge in [-0.25, -0.2) is 4.79 Å². The van der Waals surface area contributed by atoms with E-state index in [0.29, 0.717) is 28.7 Å². The van der Waals surface area contributed by atoms with E-state index in [1.807, 2.05) is 42.5 Å². The second-order valence-corrected chi connectivity index (χ2v) is 6.63. The van der Waals surface area contributed by atoms with Crippen molar-refractivity contribution in [3.05, 3.63) is 60.7 Å². The van der Waals surface area contributed by atoms with Crippen molar-refractivity contribution >= 4 is 34.1 Å². The number of hydrogen-bond donors (Lipinski definition) is 3. The van der Waals surface area contributed by atoms with Crippen LogP contribution in [0.25, 0.3) is 22.0 Å². The number of H-pyrrole nitrogens is 1. The van der Waals surface area contributed by atoms with Crippen LogP contribution in [0, 0.1) is 0 Å². The van der Waals surface area contributed by atoms with E-state index in [9.17, 15) is 4.79 Å². The fraction of sp³-hybridized carbons (Fsp3) is 0.0909. The standard InChI is InChI=1S/C22H21N5O3/c1-29-16-10-15(11-17(12-16)30-2)27(22(24)28)14-8-6-13(7-9-14)18-4-3-5-19-20(18)21(23)26-25-19/h3-12H,1-2H3,(H2,24,28)(H3,23,25,26). The van der Waals surface area contributed by atoms with E-state index in [1.165, 1.54) is 4.90 Å². The molecule has 0 aliphatic carbocycles. The van der Waals surface area contributed by atoms with Gasteiger partial charge in [0.05, 0.1) is 36.5 Å². The number of ether oxygens (including phenoxy) is 2. The summed E-state index contributed by atoms with van der Waals surface area (Å²) in [5, 5.41) is 7.86. The minimum atomic E-state index is -0.626. The van der Waals surface area contributed by atoms with Crippen LogP contribution >= 0.6 is 0 Å². The third-order valence-corrected chi connectivity index (χ3v) is 4.87. The Hall–Kier alpha value is -4.20. The number of primary amides is 1. The number of rotatable bonds is 5. The highest BCUT2D eigenvalue weighted by Gasteiger charge is 2.18. The van der Waals surface area contributed by atoms with E-state index in [1.54, 1.807) is 32.4 Å². The number of aromatic amines is 1. The average molecular weight is 403 g/mol. The topological polar surface area (TPSA) is 119 Å². The number of nitrogen functional groups attached to an aromatic ring is 1. The fourth-order valence-corrected chi connectivity index (χ4v) is 3.45. The van der Waals surface area contributed by atoms with Crippen LogP contribution in [-0.4, -0.2) is 30.4 Å². The molecule has 5 N–H and O–H groups in total. The minimum Gasteiger partial charge on any atom is -0.497 e. The van der Waals surface area contributed by atoms with Gasteiger partial charge in [-0.2, -0.15) is 5.10 Å². The summed E-state index contributed by atoms with van der Waals surface area (Å²) in [5.74, 6) is 1.54. The SMILES string of the molecule is COc1cc(OC)cc(N(C(N)=O)c2ccc(-c3cccc4[nH]nc(N)c34)cc2)c1. The molecule has 0 aliphatic rings. The van der Waals surface area contributed by atoms with Crippen LogP contribution < -0.4 is 25.8 Å². The highest BCUT2D eigenvalue weighted by atomic mass is 16.5. The van der Waals surface area contributed by atoms with Gasteiger partial charge < -0.3 is 20.9 Å². The summed E-state index contributed by atoms with van der Waals surface area (Å²) in [6.45, 7) is 0. The molecule has 1 aromatic heterocycles. The fourth-order valence-electron chi connectivity index (χ4n) is 3.45. The molecular weight excluding hydrogens is 382 g/mol. The van der Waals surface area contributed by atoms with Crippen LogP contribution in [0.3, 0.4) is 0 Å². The average Bonchev–Trinajstić information content (AvgIpc) is 3.15. The van der Waals surface area contributed by atoms with Crippen molar-refractivity contribution in [2.24, 2.45) is 5.73 Å². The zero-order chi connectivity index (χ0) is 21.3. The van der Waals surface area contributed by atoms with Gasteiger partial charge >= 0.3 is 6.03 Å². The Labute approximate surface area is 173 Å². The van der Waals surface area contributed by atoms with Gasteiger partial charge in [0.25, 0.3) is 0 Å². The first-order valence-corrected chi connectivity index (χ1v) is 9.17. The summed E-state index contributed by atoms with van der Waals surface area (Å²) in [4.78, 5) is 13.7. The summed E-state index contributed by atoms with van der Waals surface area (Å²) in [6, 6.07) is 17.8. The van der Waals surface area contributed by atoms with Crippen LogP contribution in [0.4, 0.5) is 22.0 Å². The van der Waals surface area contributed by atoms with Gasteiger partial charge in [0.15, 0.2) is 5.82 Å². The van der Waals surface area contributed by atoms with Crippen molar-refractivity contribution in [1.29, 1.82) is 0 Å². The molecule has 8 heteroatoms. The molecule has 152 valence electrons. The van der Waals surface area contributed by atoms with Crippen LogP contribution in [0.2, 0.25) is 0 Å². The van der Waals surface area contributed by atoms with Gasteiger partial charge in [0, 0.05) is 18.2 Å². The number of nitrogens with two attached hydrogens (primary N) is 2. The third kappa shape index (κ3) is 3.35. The lowest BCUT2D eigenvalue weighted by atomic mass is 10.0. The second-order valence-electron chi connectivity index (χ2n) is 6.63. The molecule has 1 heterocycles. The largest absolute Gasteiger partial charge is 0.497 e. The Bertz CT molecular complexity index is 1200. The summed E-state index contributed by atoms with van der Waals surface area (Å²) in [6.07, 6.45) is 0. The molecule has 0 bridgehead atoms. The maximum atomic E-state index is 12.3. The Morgan fingerprint density at radius 1 is 0.967 bits per heavy atom. The number of hydrogen-bond acceptors (Lipinski definition) is 5. The van der Waals surface area contributed by atoms with Crippen LogP contribution in [0.15, 0.2) is 60.7 Å². The lowest BCUT2D eigenvalue weighted by molar-refractivity contribution is 0.256. The predicted molar refractivity (Wildman–Crippen MR) is 117 cm³/mol. The van der Waals surface area contributed by atoms with E-state index in [0.717, 1.165) is 22.0 Å². The Morgan fingerprint density at radius 3 is 2.23 bits per heavy atom. The molecule has 2 amide bonds. The molecule has 0 saturated carbocycles. The number of amides is 2. The molecule has 0 unspecified atom stereocenters. The van der Waals surface area contributed by atoms with Crippen molar-refractivity contribution in [1.82, 2.24) is 10.2 Å². The smallest absolute Gasteiger partial charge is 0.323 e. The van der Waals surface area contributed by atoms with Gasteiger partial charge in [0.2, 0.25) is 0 Å². The van der Waals surface area contributed by atoms with Gasteiger partial charge in [0.1, 0.15) is 11.5 Å². The van der Waals surface area contributed by atoms with Gasteiger partial charge in [-0.15, -0.1) is 0 Å². The number of methoxy groups -OCH3 is 2. The van der Waals surface area contributed by atoms with Crippen LogP contribution in [-0.2, 0) is 0 Å². The Morgan fingerprint density at radius 2 is 1.63 bits per heavy atom. The summed E-state index contributed by atoms with van der Waals surface area (Å²) >= 11 is 0. The Kier molecular flexibility index (Phi) is 4.89. The summed E-state index contributed by atoms with van der Waals surface area (Å²) < 4.78 is 10.6. The lowest BCUT2D eigenvalue weighted by Crippen LogP contribution is -2.31. The number of nitrogens with one attached hydrogen (secondary N) is 1. The van der Waals surface area contributed by atoms with Crippen molar-refractivity contribution in [2.45, 2.75) is 0 Å². The van der Waals surface area contributed by atoms with Crippen molar-refractivity contribution in [3.8, 4) is 22.6 Å². The first-order chi connectivity index (χ1) is 14.5. The molecule has 0 fully saturated rings. The number of nitrogens with zero attached hydrogens (tertiary/aromatic N) is 2. The van der Waals surface area contributed by atoms with Crippen LogP contribution in [0.5, 0.6) is 11.5 Å². The lowest BCUT2D eigenvalue weighted by Gasteiger charge is -2.22. The van der Waals surface area contributed by atoms with E-state index in [-0.39, 0.29) is 0 Å². The van der Waals surface area contributed by atoms with Crippen molar-refractivity contribution in [3.63, 3.8) is 0 Å². The monoisotopic (exact) mass is 403 g/mol. The molecular formula is C22H21N5O3. The second kappa shape index (κ2) is 7.67. The van der Waals surface area contributed by atoms with Crippen molar-refractivity contribution < 1.29 is 14.3 Å². The molecule has 0 radical (unpaired) electrons. The zero-order valence-corrected chi connectivity index (χ0v) is 16.5. The first-order valence-electron chi connectivity index (χ1n) is 9.17.